The van der Waals surface area contributed by atoms with Gasteiger partial charge in [0.05, 0.1) is 0 Å². The minimum Gasteiger partial charge on any atom is -0.313 e. The Balaban J connectivity index is 2.27. The highest BCUT2D eigenvalue weighted by molar-refractivity contribution is 5.46. The van der Waals surface area contributed by atoms with E-state index >= 15 is 0 Å². The van der Waals surface area contributed by atoms with Gasteiger partial charge in [-0.3, -0.25) is 0 Å². The van der Waals surface area contributed by atoms with Crippen LogP contribution in [0.3, 0.4) is 0 Å². The quantitative estimate of drug-likeness (QED) is 0.665. The molecule has 0 aromatic heterocycles. The lowest BCUT2D eigenvalue weighted by molar-refractivity contribution is 0.708. The van der Waals surface area contributed by atoms with Crippen molar-refractivity contribution in [2.24, 2.45) is 0 Å². The SMILES string of the molecule is CC1=C(C2=CCNCC2)C=CC=CC1. The van der Waals surface area contributed by atoms with Crippen LogP contribution in [-0.4, -0.2) is 13.1 Å². The van der Waals surface area contributed by atoms with Crippen LogP contribution >= 0.6 is 0 Å². The van der Waals surface area contributed by atoms with Crippen molar-refractivity contribution >= 4 is 0 Å². The lowest BCUT2D eigenvalue weighted by Crippen LogP contribution is -2.21. The monoisotopic (exact) mass is 187 g/mol. The van der Waals surface area contributed by atoms with Crippen LogP contribution < -0.4 is 5.32 Å². The van der Waals surface area contributed by atoms with Crippen molar-refractivity contribution in [1.82, 2.24) is 5.32 Å². The van der Waals surface area contributed by atoms with E-state index in [4.69, 9.17) is 0 Å². The molecular weight excluding hydrogens is 170 g/mol. The summed E-state index contributed by atoms with van der Waals surface area (Å²) in [5.74, 6) is 0. The van der Waals surface area contributed by atoms with E-state index < -0.39 is 0 Å². The van der Waals surface area contributed by atoms with Gasteiger partial charge in [0.1, 0.15) is 0 Å². The second kappa shape index (κ2) is 4.43. The van der Waals surface area contributed by atoms with Crippen LogP contribution in [0.5, 0.6) is 0 Å². The van der Waals surface area contributed by atoms with Gasteiger partial charge in [-0.05, 0) is 37.5 Å². The minimum absolute atomic E-state index is 1.02. The van der Waals surface area contributed by atoms with E-state index in [1.165, 1.54) is 16.7 Å². The first kappa shape index (κ1) is 9.47. The van der Waals surface area contributed by atoms with Crippen LogP contribution in [0, 0.1) is 0 Å². The second-order valence-electron chi connectivity index (χ2n) is 3.87. The molecule has 0 saturated carbocycles. The van der Waals surface area contributed by atoms with Crippen LogP contribution in [0.2, 0.25) is 0 Å². The zero-order chi connectivity index (χ0) is 9.80. The normalized spacial score (nSPS) is 22.2. The van der Waals surface area contributed by atoms with Gasteiger partial charge in [0, 0.05) is 6.54 Å². The number of hydrogen-bond acceptors (Lipinski definition) is 1. The van der Waals surface area contributed by atoms with Gasteiger partial charge in [0.2, 0.25) is 0 Å². The van der Waals surface area contributed by atoms with Crippen molar-refractivity contribution < 1.29 is 0 Å². The van der Waals surface area contributed by atoms with Crippen molar-refractivity contribution in [1.29, 1.82) is 0 Å². The third-order valence-corrected chi connectivity index (χ3v) is 2.80. The summed E-state index contributed by atoms with van der Waals surface area (Å²) in [6.45, 7) is 4.37. The number of allylic oxidation sites excluding steroid dienone is 6. The first-order valence-electron chi connectivity index (χ1n) is 5.31. The highest BCUT2D eigenvalue weighted by Gasteiger charge is 2.09. The third kappa shape index (κ3) is 2.05. The fraction of sp³-hybridized carbons (Fsp3) is 0.385. The Morgan fingerprint density at radius 1 is 1.29 bits per heavy atom. The number of nitrogens with one attached hydrogen (secondary N) is 1. The zero-order valence-electron chi connectivity index (χ0n) is 8.72. The molecule has 0 unspecified atom stereocenters. The maximum atomic E-state index is 3.35. The molecule has 0 aromatic rings. The summed E-state index contributed by atoms with van der Waals surface area (Å²) >= 11 is 0. The fourth-order valence-electron chi connectivity index (χ4n) is 1.98. The molecule has 1 N–H and O–H groups in total. The van der Waals surface area contributed by atoms with Crippen molar-refractivity contribution in [2.75, 3.05) is 13.1 Å². The van der Waals surface area contributed by atoms with E-state index in [0.717, 1.165) is 25.9 Å². The molecule has 74 valence electrons. The zero-order valence-corrected chi connectivity index (χ0v) is 8.72. The Hall–Kier alpha value is -1.08. The van der Waals surface area contributed by atoms with E-state index in [-0.39, 0.29) is 0 Å². The van der Waals surface area contributed by atoms with Gasteiger partial charge in [-0.15, -0.1) is 0 Å². The smallest absolute Gasteiger partial charge is 0.0140 e. The molecule has 1 heteroatoms. The largest absolute Gasteiger partial charge is 0.313 e. The van der Waals surface area contributed by atoms with Crippen LogP contribution in [0.4, 0.5) is 0 Å². The van der Waals surface area contributed by atoms with Gasteiger partial charge in [-0.1, -0.05) is 36.0 Å². The average molecular weight is 187 g/mol. The lowest BCUT2D eigenvalue weighted by atomic mass is 9.95. The molecule has 1 aliphatic heterocycles. The molecule has 0 aromatic carbocycles. The van der Waals surface area contributed by atoms with Crippen LogP contribution in [0.25, 0.3) is 0 Å². The van der Waals surface area contributed by atoms with Crippen molar-refractivity contribution in [2.45, 2.75) is 19.8 Å². The Morgan fingerprint density at radius 3 is 3.00 bits per heavy atom. The molecule has 0 amide bonds. The van der Waals surface area contributed by atoms with E-state index in [9.17, 15) is 0 Å². The minimum atomic E-state index is 1.02. The molecule has 2 aliphatic rings. The Bertz CT molecular complexity index is 329. The van der Waals surface area contributed by atoms with Crippen LogP contribution in [0.15, 0.2) is 47.1 Å². The molecule has 2 rings (SSSR count). The Kier molecular flexibility index (Phi) is 3.00. The van der Waals surface area contributed by atoms with Gasteiger partial charge in [-0.2, -0.15) is 0 Å². The van der Waals surface area contributed by atoms with Gasteiger partial charge in [0.25, 0.3) is 0 Å². The topological polar surface area (TPSA) is 12.0 Å². The predicted octanol–water partition coefficient (Wildman–Crippen LogP) is 2.74. The summed E-state index contributed by atoms with van der Waals surface area (Å²) in [6.07, 6.45) is 13.3. The first-order chi connectivity index (χ1) is 6.88. The molecule has 1 aliphatic carbocycles. The Labute approximate surface area is 85.9 Å². The molecule has 1 heterocycles. The molecule has 0 spiro atoms. The summed E-state index contributed by atoms with van der Waals surface area (Å²) in [7, 11) is 0. The summed E-state index contributed by atoms with van der Waals surface area (Å²) in [6, 6.07) is 0. The van der Waals surface area contributed by atoms with Crippen molar-refractivity contribution in [3.05, 3.63) is 47.1 Å². The van der Waals surface area contributed by atoms with E-state index in [0.29, 0.717) is 0 Å². The maximum Gasteiger partial charge on any atom is 0.0140 e. The van der Waals surface area contributed by atoms with Gasteiger partial charge in [-0.25, -0.2) is 0 Å². The molecule has 0 atom stereocenters. The van der Waals surface area contributed by atoms with Gasteiger partial charge < -0.3 is 5.32 Å². The van der Waals surface area contributed by atoms with Crippen LogP contribution in [0.1, 0.15) is 19.8 Å². The number of rotatable bonds is 1. The molecule has 14 heavy (non-hydrogen) atoms. The van der Waals surface area contributed by atoms with Crippen molar-refractivity contribution in [3.8, 4) is 0 Å². The molecule has 0 saturated heterocycles. The molecular formula is C13H17N. The highest BCUT2D eigenvalue weighted by atomic mass is 14.8. The number of hydrogen-bond donors (Lipinski definition) is 1. The van der Waals surface area contributed by atoms with E-state index in [1.807, 2.05) is 0 Å². The summed E-state index contributed by atoms with van der Waals surface area (Å²) in [5, 5.41) is 3.35. The van der Waals surface area contributed by atoms with E-state index in [2.05, 4.69) is 42.6 Å². The van der Waals surface area contributed by atoms with Gasteiger partial charge >= 0.3 is 0 Å². The third-order valence-electron chi connectivity index (χ3n) is 2.80. The predicted molar refractivity (Wildman–Crippen MR) is 61.2 cm³/mol. The molecule has 0 bridgehead atoms. The fourth-order valence-corrected chi connectivity index (χ4v) is 1.98. The molecule has 1 nitrogen and oxygen atoms in total. The van der Waals surface area contributed by atoms with Crippen LogP contribution in [-0.2, 0) is 0 Å². The van der Waals surface area contributed by atoms with Gasteiger partial charge in [0.15, 0.2) is 0 Å². The van der Waals surface area contributed by atoms with E-state index in [1.54, 1.807) is 0 Å². The lowest BCUT2D eigenvalue weighted by Gasteiger charge is -2.16. The molecule has 0 radical (unpaired) electrons. The summed E-state index contributed by atoms with van der Waals surface area (Å²) in [5.41, 5.74) is 4.46. The Morgan fingerprint density at radius 2 is 2.21 bits per heavy atom. The van der Waals surface area contributed by atoms with Crippen molar-refractivity contribution in [3.63, 3.8) is 0 Å². The summed E-state index contributed by atoms with van der Waals surface area (Å²) in [4.78, 5) is 0. The first-order valence-corrected chi connectivity index (χ1v) is 5.31. The summed E-state index contributed by atoms with van der Waals surface area (Å²) < 4.78 is 0. The molecule has 0 fully saturated rings. The second-order valence-corrected chi connectivity index (χ2v) is 3.87. The average Bonchev–Trinajstić information content (AvgIpc) is 2.44. The maximum absolute atomic E-state index is 3.35. The standard InChI is InChI=1S/C13H17N/c1-11-5-3-2-4-6-13(11)12-7-9-14-10-8-12/h2-4,6-7,14H,5,8-10H2,1H3. The highest BCUT2D eigenvalue weighted by Crippen LogP contribution is 2.24.